The van der Waals surface area contributed by atoms with Gasteiger partial charge in [0.1, 0.15) is 5.75 Å². The summed E-state index contributed by atoms with van der Waals surface area (Å²) in [5.74, 6) is 0.711. The van der Waals surface area contributed by atoms with Crippen molar-refractivity contribution in [3.63, 3.8) is 0 Å². The molecule has 20 heavy (non-hydrogen) atoms. The number of rotatable bonds is 3. The molecule has 110 valence electrons. The zero-order valence-corrected chi connectivity index (χ0v) is 12.5. The van der Waals surface area contributed by atoms with Crippen molar-refractivity contribution in [2.75, 3.05) is 13.1 Å². The predicted molar refractivity (Wildman–Crippen MR) is 77.9 cm³/mol. The van der Waals surface area contributed by atoms with E-state index in [-0.39, 0.29) is 11.8 Å². The molecule has 2 rings (SSSR count). The van der Waals surface area contributed by atoms with E-state index in [0.29, 0.717) is 23.9 Å². The van der Waals surface area contributed by atoms with Gasteiger partial charge in [0, 0.05) is 18.1 Å². The van der Waals surface area contributed by atoms with E-state index in [1.54, 1.807) is 36.1 Å². The smallest absolute Gasteiger partial charge is 0.263 e. The Kier molecular flexibility index (Phi) is 4.89. The zero-order valence-electron chi connectivity index (χ0n) is 11.8. The van der Waals surface area contributed by atoms with Crippen molar-refractivity contribution >= 4 is 17.5 Å². The maximum Gasteiger partial charge on any atom is 0.263 e. The minimum Gasteiger partial charge on any atom is -0.481 e. The summed E-state index contributed by atoms with van der Waals surface area (Å²) in [5.41, 5.74) is 0. The van der Waals surface area contributed by atoms with Gasteiger partial charge < -0.3 is 14.7 Å². The molecule has 3 atom stereocenters. The van der Waals surface area contributed by atoms with E-state index in [0.717, 1.165) is 6.42 Å². The lowest BCUT2D eigenvalue weighted by Gasteiger charge is -2.35. The summed E-state index contributed by atoms with van der Waals surface area (Å²) < 4.78 is 5.61. The Morgan fingerprint density at radius 2 is 2.30 bits per heavy atom. The number of piperidine rings is 1. The van der Waals surface area contributed by atoms with Gasteiger partial charge in [-0.25, -0.2) is 0 Å². The van der Waals surface area contributed by atoms with E-state index >= 15 is 0 Å². The number of hydrogen-bond acceptors (Lipinski definition) is 3. The van der Waals surface area contributed by atoms with Gasteiger partial charge in [-0.05, 0) is 37.5 Å². The number of aliphatic hydroxyl groups is 1. The molecule has 0 spiro atoms. The fraction of sp³-hybridized carbons (Fsp3) is 0.533. The minimum absolute atomic E-state index is 0.101. The van der Waals surface area contributed by atoms with Crippen molar-refractivity contribution < 1.29 is 14.6 Å². The van der Waals surface area contributed by atoms with Crippen molar-refractivity contribution in [2.45, 2.75) is 32.5 Å². The van der Waals surface area contributed by atoms with Crippen LogP contribution in [-0.2, 0) is 4.79 Å². The van der Waals surface area contributed by atoms with Crippen molar-refractivity contribution in [1.82, 2.24) is 4.90 Å². The van der Waals surface area contributed by atoms with Crippen LogP contribution in [0.4, 0.5) is 0 Å². The molecule has 0 aromatic heterocycles. The van der Waals surface area contributed by atoms with E-state index in [1.807, 2.05) is 6.92 Å². The Bertz CT molecular complexity index is 480. The number of benzene rings is 1. The van der Waals surface area contributed by atoms with Crippen LogP contribution in [0.25, 0.3) is 0 Å². The van der Waals surface area contributed by atoms with Gasteiger partial charge in [0.15, 0.2) is 6.10 Å². The first-order chi connectivity index (χ1) is 9.47. The summed E-state index contributed by atoms with van der Waals surface area (Å²) in [6.45, 7) is 4.76. The van der Waals surface area contributed by atoms with Crippen molar-refractivity contribution in [3.8, 4) is 5.75 Å². The second kappa shape index (κ2) is 6.46. The molecule has 5 heteroatoms. The van der Waals surface area contributed by atoms with Crippen LogP contribution in [0.2, 0.25) is 5.02 Å². The van der Waals surface area contributed by atoms with E-state index < -0.39 is 12.2 Å². The van der Waals surface area contributed by atoms with E-state index in [2.05, 4.69) is 0 Å². The molecular formula is C15H20ClNO3. The largest absolute Gasteiger partial charge is 0.481 e. The fourth-order valence-corrected chi connectivity index (χ4v) is 2.48. The number of likely N-dealkylation sites (tertiary alicyclic amines) is 1. The number of β-amino-alcohol motifs (C(OH)–C–C–N with tert-alkyl or cyclic N) is 1. The van der Waals surface area contributed by atoms with Gasteiger partial charge >= 0.3 is 0 Å². The number of amides is 1. The van der Waals surface area contributed by atoms with Crippen LogP contribution in [0.1, 0.15) is 20.3 Å². The summed E-state index contributed by atoms with van der Waals surface area (Å²) in [7, 11) is 0. The summed E-state index contributed by atoms with van der Waals surface area (Å²) in [4.78, 5) is 14.0. The number of carbonyl (C=O) groups is 1. The van der Waals surface area contributed by atoms with Gasteiger partial charge in [0.25, 0.3) is 5.91 Å². The van der Waals surface area contributed by atoms with Crippen LogP contribution < -0.4 is 4.74 Å². The number of ether oxygens (including phenoxy) is 1. The topological polar surface area (TPSA) is 49.8 Å². The first kappa shape index (κ1) is 15.1. The third kappa shape index (κ3) is 3.64. The second-order valence-corrected chi connectivity index (χ2v) is 5.77. The molecule has 1 aliphatic heterocycles. The number of aliphatic hydroxyl groups excluding tert-OH is 1. The maximum absolute atomic E-state index is 12.3. The molecule has 1 aromatic carbocycles. The van der Waals surface area contributed by atoms with Crippen LogP contribution in [0.15, 0.2) is 24.3 Å². The molecule has 0 bridgehead atoms. The van der Waals surface area contributed by atoms with Crippen molar-refractivity contribution in [2.24, 2.45) is 5.92 Å². The van der Waals surface area contributed by atoms with E-state index in [1.165, 1.54) is 0 Å². The Morgan fingerprint density at radius 1 is 1.55 bits per heavy atom. The van der Waals surface area contributed by atoms with Crippen LogP contribution in [0, 0.1) is 5.92 Å². The molecule has 0 saturated carbocycles. The third-order valence-electron chi connectivity index (χ3n) is 3.69. The molecule has 1 aliphatic rings. The average Bonchev–Trinajstić information content (AvgIpc) is 2.41. The molecule has 0 radical (unpaired) electrons. The van der Waals surface area contributed by atoms with Crippen LogP contribution >= 0.6 is 11.6 Å². The first-order valence-electron chi connectivity index (χ1n) is 6.86. The minimum atomic E-state index is -0.589. The van der Waals surface area contributed by atoms with Gasteiger partial charge in [0.2, 0.25) is 0 Å². The lowest BCUT2D eigenvalue weighted by atomic mass is 9.96. The summed E-state index contributed by atoms with van der Waals surface area (Å²) in [5, 5.41) is 10.4. The van der Waals surface area contributed by atoms with Crippen LogP contribution in [-0.4, -0.2) is 41.2 Å². The van der Waals surface area contributed by atoms with Gasteiger partial charge in [-0.3, -0.25) is 4.79 Å². The first-order valence-corrected chi connectivity index (χ1v) is 7.24. The molecule has 1 aromatic rings. The highest BCUT2D eigenvalue weighted by Gasteiger charge is 2.30. The lowest BCUT2D eigenvalue weighted by molar-refractivity contribution is -0.142. The molecule has 1 saturated heterocycles. The number of halogens is 1. The highest BCUT2D eigenvalue weighted by Crippen LogP contribution is 2.21. The highest BCUT2D eigenvalue weighted by molar-refractivity contribution is 6.30. The number of carbonyl (C=O) groups excluding carboxylic acids is 1. The molecule has 4 nitrogen and oxygen atoms in total. The molecular weight excluding hydrogens is 278 g/mol. The Labute approximate surface area is 124 Å². The van der Waals surface area contributed by atoms with Crippen LogP contribution in [0.3, 0.4) is 0 Å². The molecule has 1 amide bonds. The van der Waals surface area contributed by atoms with E-state index in [9.17, 15) is 9.90 Å². The Morgan fingerprint density at radius 3 is 2.95 bits per heavy atom. The molecule has 3 unspecified atom stereocenters. The lowest BCUT2D eigenvalue weighted by Crippen LogP contribution is -2.49. The fourth-order valence-electron chi connectivity index (χ4n) is 2.30. The Hall–Kier alpha value is -1.26. The van der Waals surface area contributed by atoms with Gasteiger partial charge in [-0.1, -0.05) is 24.6 Å². The quantitative estimate of drug-likeness (QED) is 0.931. The average molecular weight is 298 g/mol. The zero-order chi connectivity index (χ0) is 14.7. The normalized spacial score (nSPS) is 24.3. The monoisotopic (exact) mass is 297 g/mol. The molecule has 0 aliphatic carbocycles. The SMILES string of the molecule is CC(Oc1cccc(Cl)c1)C(=O)N1CCC(C)C(O)C1. The van der Waals surface area contributed by atoms with Gasteiger partial charge in [-0.2, -0.15) is 0 Å². The van der Waals surface area contributed by atoms with Gasteiger partial charge in [-0.15, -0.1) is 0 Å². The Balaban J connectivity index is 1.95. The highest BCUT2D eigenvalue weighted by atomic mass is 35.5. The summed E-state index contributed by atoms with van der Waals surface area (Å²) >= 11 is 5.88. The third-order valence-corrected chi connectivity index (χ3v) is 3.92. The summed E-state index contributed by atoms with van der Waals surface area (Å²) in [6, 6.07) is 6.98. The molecule has 1 N–H and O–H groups in total. The van der Waals surface area contributed by atoms with Crippen molar-refractivity contribution in [3.05, 3.63) is 29.3 Å². The maximum atomic E-state index is 12.3. The second-order valence-electron chi connectivity index (χ2n) is 5.34. The molecule has 1 fully saturated rings. The van der Waals surface area contributed by atoms with E-state index in [4.69, 9.17) is 16.3 Å². The number of hydrogen-bond donors (Lipinski definition) is 1. The van der Waals surface area contributed by atoms with Gasteiger partial charge in [0.05, 0.1) is 6.10 Å². The molecule has 1 heterocycles. The van der Waals surface area contributed by atoms with Crippen LogP contribution in [0.5, 0.6) is 5.75 Å². The van der Waals surface area contributed by atoms with Crippen molar-refractivity contribution in [1.29, 1.82) is 0 Å². The number of nitrogens with zero attached hydrogens (tertiary/aromatic N) is 1. The predicted octanol–water partition coefficient (Wildman–Crippen LogP) is 2.34. The summed E-state index contributed by atoms with van der Waals surface area (Å²) in [6.07, 6.45) is -0.225. The standard InChI is InChI=1S/C15H20ClNO3/c1-10-6-7-17(9-14(10)18)15(19)11(2)20-13-5-3-4-12(16)8-13/h3-5,8,10-11,14,18H,6-7,9H2,1-2H3.